The van der Waals surface area contributed by atoms with Gasteiger partial charge in [-0.25, -0.2) is 0 Å². The normalized spacial score (nSPS) is 30.4. The van der Waals surface area contributed by atoms with Crippen LogP contribution in [0.2, 0.25) is 0 Å². The first kappa shape index (κ1) is 19.8. The second kappa shape index (κ2) is 9.84. The van der Waals surface area contributed by atoms with E-state index >= 15 is 0 Å². The van der Waals surface area contributed by atoms with E-state index in [1.54, 1.807) is 0 Å². The summed E-state index contributed by atoms with van der Waals surface area (Å²) in [6.07, 6.45) is 7.47. The number of aliphatic carboxylic acids is 1. The molecule has 0 spiro atoms. The van der Waals surface area contributed by atoms with Crippen molar-refractivity contribution in [2.45, 2.75) is 83.0 Å². The van der Waals surface area contributed by atoms with E-state index in [4.69, 9.17) is 9.84 Å². The van der Waals surface area contributed by atoms with Crippen molar-refractivity contribution in [3.63, 3.8) is 0 Å². The molecule has 25 heavy (non-hydrogen) atoms. The van der Waals surface area contributed by atoms with E-state index in [0.29, 0.717) is 25.7 Å². The van der Waals surface area contributed by atoms with Gasteiger partial charge in [-0.3, -0.25) is 4.79 Å². The lowest BCUT2D eigenvalue weighted by atomic mass is 9.91. The lowest BCUT2D eigenvalue weighted by Gasteiger charge is -2.13. The molecule has 1 heterocycles. The minimum Gasteiger partial charge on any atom is -0.495 e. The number of allylic oxidation sites excluding steroid dienone is 2. The van der Waals surface area contributed by atoms with Crippen LogP contribution in [0.3, 0.4) is 0 Å². The Bertz CT molecular complexity index is 530. The van der Waals surface area contributed by atoms with Crippen LogP contribution in [-0.2, 0) is 9.53 Å². The molecule has 140 valence electrons. The first-order chi connectivity index (χ1) is 12.0. The van der Waals surface area contributed by atoms with Gasteiger partial charge in [-0.05, 0) is 31.8 Å². The Kier molecular flexibility index (Phi) is 7.80. The molecule has 1 saturated carbocycles. The summed E-state index contributed by atoms with van der Waals surface area (Å²) in [5.74, 6) is 6.13. The van der Waals surface area contributed by atoms with Gasteiger partial charge in [-0.2, -0.15) is 0 Å². The summed E-state index contributed by atoms with van der Waals surface area (Å²) >= 11 is 0. The van der Waals surface area contributed by atoms with Crippen molar-refractivity contribution < 1.29 is 24.9 Å². The average Bonchev–Trinajstić information content (AvgIpc) is 3.06. The molecule has 0 aromatic rings. The third kappa shape index (κ3) is 6.05. The van der Waals surface area contributed by atoms with Crippen molar-refractivity contribution in [2.24, 2.45) is 11.8 Å². The SMILES string of the molecule is CCCCC[C@H](O)C#C[C@@H]1[C@H]2C/C(=C/CCCC(=O)O)O[C@H]2C[C@H]1O. The van der Waals surface area contributed by atoms with Crippen molar-refractivity contribution in [1.29, 1.82) is 0 Å². The van der Waals surface area contributed by atoms with Crippen LogP contribution in [0.25, 0.3) is 0 Å². The Balaban J connectivity index is 1.85. The van der Waals surface area contributed by atoms with Crippen LogP contribution in [0.4, 0.5) is 0 Å². The maximum atomic E-state index is 10.5. The predicted octanol–water partition coefficient (Wildman–Crippen LogP) is 2.86. The summed E-state index contributed by atoms with van der Waals surface area (Å²) in [4.78, 5) is 10.5. The Morgan fingerprint density at radius 3 is 2.92 bits per heavy atom. The van der Waals surface area contributed by atoms with Crippen molar-refractivity contribution >= 4 is 5.97 Å². The highest BCUT2D eigenvalue weighted by Crippen LogP contribution is 2.44. The van der Waals surface area contributed by atoms with Crippen LogP contribution >= 0.6 is 0 Å². The predicted molar refractivity (Wildman–Crippen MR) is 94.6 cm³/mol. The highest BCUT2D eigenvalue weighted by molar-refractivity contribution is 5.66. The average molecular weight is 350 g/mol. The van der Waals surface area contributed by atoms with E-state index in [2.05, 4.69) is 18.8 Å². The molecule has 5 heteroatoms. The number of fused-ring (bicyclic) bond motifs is 1. The number of hydrogen-bond acceptors (Lipinski definition) is 4. The Morgan fingerprint density at radius 2 is 2.20 bits per heavy atom. The Hall–Kier alpha value is -1.51. The second-order valence-corrected chi connectivity index (χ2v) is 7.11. The lowest BCUT2D eigenvalue weighted by Crippen LogP contribution is -2.18. The highest BCUT2D eigenvalue weighted by Gasteiger charge is 2.47. The van der Waals surface area contributed by atoms with Crippen molar-refractivity contribution in [3.8, 4) is 11.8 Å². The number of aliphatic hydroxyl groups is 2. The van der Waals surface area contributed by atoms with Gasteiger partial charge in [0.25, 0.3) is 0 Å². The molecule has 1 saturated heterocycles. The number of rotatable bonds is 8. The molecule has 0 aromatic carbocycles. The van der Waals surface area contributed by atoms with Gasteiger partial charge in [0.05, 0.1) is 17.8 Å². The Morgan fingerprint density at radius 1 is 1.40 bits per heavy atom. The summed E-state index contributed by atoms with van der Waals surface area (Å²) in [6.45, 7) is 2.12. The zero-order chi connectivity index (χ0) is 18.2. The summed E-state index contributed by atoms with van der Waals surface area (Å²) in [7, 11) is 0. The van der Waals surface area contributed by atoms with Crippen LogP contribution in [0, 0.1) is 23.7 Å². The number of carboxylic acid groups (broad SMARTS) is 1. The van der Waals surface area contributed by atoms with Gasteiger partial charge in [0.1, 0.15) is 12.2 Å². The van der Waals surface area contributed by atoms with Crippen LogP contribution in [-0.4, -0.2) is 39.6 Å². The standard InChI is InChI=1S/C20H30O5/c1-2-3-4-7-14(21)10-11-16-17-12-15(8-5-6-9-20(23)24)25-19(17)13-18(16)22/h8,14,16-19,21-22H,2-7,9,12-13H2,1H3,(H,23,24)/b15-8-/t14-,16+,17+,18+,19-/m0/s1. The van der Waals surface area contributed by atoms with Gasteiger partial charge in [-0.1, -0.05) is 31.6 Å². The minimum absolute atomic E-state index is 0.0164. The Labute approximate surface area is 150 Å². The van der Waals surface area contributed by atoms with Gasteiger partial charge in [0.2, 0.25) is 0 Å². The van der Waals surface area contributed by atoms with Gasteiger partial charge < -0.3 is 20.1 Å². The highest BCUT2D eigenvalue weighted by atomic mass is 16.5. The summed E-state index contributed by atoms with van der Waals surface area (Å²) in [6, 6.07) is 0. The quantitative estimate of drug-likeness (QED) is 0.463. The van der Waals surface area contributed by atoms with Gasteiger partial charge in [0, 0.05) is 25.2 Å². The fraction of sp³-hybridized carbons (Fsp3) is 0.750. The number of unbranched alkanes of at least 4 members (excludes halogenated alkanes) is 3. The third-order valence-corrected chi connectivity index (χ3v) is 5.03. The summed E-state index contributed by atoms with van der Waals surface area (Å²) < 4.78 is 5.90. The van der Waals surface area contributed by atoms with E-state index in [-0.39, 0.29) is 24.4 Å². The van der Waals surface area contributed by atoms with Crippen molar-refractivity contribution in [1.82, 2.24) is 0 Å². The molecule has 0 aromatic heterocycles. The maximum Gasteiger partial charge on any atom is 0.303 e. The van der Waals surface area contributed by atoms with Crippen molar-refractivity contribution in [3.05, 3.63) is 11.8 Å². The molecule has 2 fully saturated rings. The number of carboxylic acids is 1. The van der Waals surface area contributed by atoms with Crippen LogP contribution < -0.4 is 0 Å². The topological polar surface area (TPSA) is 87.0 Å². The number of ether oxygens (including phenoxy) is 1. The lowest BCUT2D eigenvalue weighted by molar-refractivity contribution is -0.137. The largest absolute Gasteiger partial charge is 0.495 e. The van der Waals surface area contributed by atoms with E-state index < -0.39 is 18.2 Å². The first-order valence-corrected chi connectivity index (χ1v) is 9.46. The molecule has 5 atom stereocenters. The molecule has 0 amide bonds. The van der Waals surface area contributed by atoms with Gasteiger partial charge in [-0.15, -0.1) is 0 Å². The summed E-state index contributed by atoms with van der Waals surface area (Å²) in [5.41, 5.74) is 0. The zero-order valence-electron chi connectivity index (χ0n) is 15.0. The monoisotopic (exact) mass is 350 g/mol. The van der Waals surface area contributed by atoms with Crippen LogP contribution in [0.15, 0.2) is 11.8 Å². The molecule has 3 N–H and O–H groups in total. The molecule has 0 radical (unpaired) electrons. The first-order valence-electron chi connectivity index (χ1n) is 9.46. The van der Waals surface area contributed by atoms with Crippen LogP contribution in [0.5, 0.6) is 0 Å². The molecule has 0 bridgehead atoms. The fourth-order valence-corrected chi connectivity index (χ4v) is 3.65. The third-order valence-electron chi connectivity index (χ3n) is 5.03. The minimum atomic E-state index is -0.779. The van der Waals surface area contributed by atoms with Crippen LogP contribution in [0.1, 0.15) is 64.7 Å². The van der Waals surface area contributed by atoms with Gasteiger partial charge in [0.15, 0.2) is 0 Å². The zero-order valence-corrected chi connectivity index (χ0v) is 15.0. The molecule has 1 aliphatic heterocycles. The molecule has 1 aliphatic carbocycles. The number of carbonyl (C=O) groups is 1. The molecular weight excluding hydrogens is 320 g/mol. The molecule has 2 rings (SSSR count). The van der Waals surface area contributed by atoms with E-state index in [1.807, 2.05) is 6.08 Å². The fourth-order valence-electron chi connectivity index (χ4n) is 3.65. The number of aliphatic hydroxyl groups excluding tert-OH is 2. The molecule has 2 aliphatic rings. The smallest absolute Gasteiger partial charge is 0.303 e. The summed E-state index contributed by atoms with van der Waals surface area (Å²) in [5, 5.41) is 28.8. The maximum absolute atomic E-state index is 10.5. The molecule has 5 nitrogen and oxygen atoms in total. The number of hydrogen-bond donors (Lipinski definition) is 3. The van der Waals surface area contributed by atoms with E-state index in [0.717, 1.165) is 31.4 Å². The second-order valence-electron chi connectivity index (χ2n) is 7.11. The van der Waals surface area contributed by atoms with E-state index in [9.17, 15) is 15.0 Å². The van der Waals surface area contributed by atoms with E-state index in [1.165, 1.54) is 0 Å². The molecule has 0 unspecified atom stereocenters. The van der Waals surface area contributed by atoms with Gasteiger partial charge >= 0.3 is 5.97 Å². The van der Waals surface area contributed by atoms with Crippen molar-refractivity contribution in [2.75, 3.05) is 0 Å². The molecular formula is C20H30O5.